The van der Waals surface area contributed by atoms with Gasteiger partial charge in [0.2, 0.25) is 5.91 Å². The number of carbonyl (C=O) groups is 2. The molecule has 5 nitrogen and oxygen atoms in total. The number of benzene rings is 2. The fourth-order valence-corrected chi connectivity index (χ4v) is 3.29. The van der Waals surface area contributed by atoms with E-state index in [0.717, 1.165) is 24.0 Å². The van der Waals surface area contributed by atoms with Gasteiger partial charge in [-0.25, -0.2) is 0 Å². The van der Waals surface area contributed by atoms with Crippen LogP contribution < -0.4 is 10.1 Å². The topological polar surface area (TPSA) is 58.6 Å². The minimum Gasteiger partial charge on any atom is -0.484 e. The molecule has 0 radical (unpaired) electrons. The number of amides is 2. The van der Waals surface area contributed by atoms with Crippen molar-refractivity contribution < 1.29 is 14.3 Å². The zero-order valence-electron chi connectivity index (χ0n) is 18.0. The van der Waals surface area contributed by atoms with Gasteiger partial charge in [0, 0.05) is 18.1 Å². The Labute approximate surface area is 184 Å². The quantitative estimate of drug-likeness (QED) is 0.523. The molecule has 30 heavy (non-hydrogen) atoms. The van der Waals surface area contributed by atoms with Gasteiger partial charge in [-0.3, -0.25) is 9.59 Å². The van der Waals surface area contributed by atoms with Crippen molar-refractivity contribution in [1.29, 1.82) is 0 Å². The van der Waals surface area contributed by atoms with Gasteiger partial charge >= 0.3 is 0 Å². The van der Waals surface area contributed by atoms with Crippen LogP contribution in [0.1, 0.15) is 44.2 Å². The van der Waals surface area contributed by atoms with Crippen LogP contribution in [-0.4, -0.2) is 35.9 Å². The molecule has 0 aromatic heterocycles. The molecule has 0 saturated carbocycles. The van der Waals surface area contributed by atoms with Crippen LogP contribution in [0.15, 0.2) is 48.5 Å². The minimum absolute atomic E-state index is 0.147. The monoisotopic (exact) mass is 430 g/mol. The van der Waals surface area contributed by atoms with Gasteiger partial charge in [-0.15, -0.1) is 0 Å². The molecule has 2 rings (SSSR count). The summed E-state index contributed by atoms with van der Waals surface area (Å²) in [5.74, 6) is 0.210. The minimum atomic E-state index is -0.591. The van der Waals surface area contributed by atoms with Crippen molar-refractivity contribution in [3.8, 4) is 5.75 Å². The lowest BCUT2D eigenvalue weighted by Gasteiger charge is -2.30. The zero-order valence-corrected chi connectivity index (χ0v) is 18.7. The maximum Gasteiger partial charge on any atom is 0.261 e. The number of rotatable bonds is 11. The molecule has 0 spiro atoms. The molecule has 1 atom stereocenters. The molecule has 0 heterocycles. The van der Waals surface area contributed by atoms with Gasteiger partial charge in [0.1, 0.15) is 11.8 Å². The molecule has 2 aromatic carbocycles. The number of ether oxygens (including phenoxy) is 1. The van der Waals surface area contributed by atoms with Crippen molar-refractivity contribution in [2.45, 2.75) is 52.6 Å². The highest BCUT2D eigenvalue weighted by atomic mass is 35.5. The number of aryl methyl sites for hydroxylation is 1. The first-order chi connectivity index (χ1) is 14.5. The molecule has 0 saturated heterocycles. The third-order valence-electron chi connectivity index (χ3n) is 4.90. The Morgan fingerprint density at radius 1 is 1.10 bits per heavy atom. The van der Waals surface area contributed by atoms with E-state index in [1.165, 1.54) is 0 Å². The number of hydrogen-bond acceptors (Lipinski definition) is 3. The lowest BCUT2D eigenvalue weighted by molar-refractivity contribution is -0.143. The first kappa shape index (κ1) is 23.7. The third kappa shape index (κ3) is 7.06. The molecule has 2 aromatic rings. The predicted molar refractivity (Wildman–Crippen MR) is 121 cm³/mol. The maximum atomic E-state index is 13.1. The first-order valence-electron chi connectivity index (χ1n) is 10.5. The van der Waals surface area contributed by atoms with Crippen LogP contribution in [0.4, 0.5) is 0 Å². The number of hydrogen-bond donors (Lipinski definition) is 1. The van der Waals surface area contributed by atoms with Crippen molar-refractivity contribution in [3.63, 3.8) is 0 Å². The van der Waals surface area contributed by atoms with E-state index in [4.69, 9.17) is 16.3 Å². The zero-order chi connectivity index (χ0) is 21.9. The van der Waals surface area contributed by atoms with E-state index in [0.29, 0.717) is 23.7 Å². The molecular weight excluding hydrogens is 400 g/mol. The molecule has 162 valence electrons. The fraction of sp³-hybridized carbons (Fsp3) is 0.417. The summed E-state index contributed by atoms with van der Waals surface area (Å²) in [6, 6.07) is 14.3. The second-order valence-electron chi connectivity index (χ2n) is 7.28. The van der Waals surface area contributed by atoms with Gasteiger partial charge in [0.05, 0.1) is 0 Å². The van der Waals surface area contributed by atoms with Crippen LogP contribution in [0, 0.1) is 6.92 Å². The highest BCUT2D eigenvalue weighted by molar-refractivity contribution is 6.31. The molecule has 0 aliphatic carbocycles. The average molecular weight is 431 g/mol. The number of halogens is 1. The highest BCUT2D eigenvalue weighted by Gasteiger charge is 2.29. The van der Waals surface area contributed by atoms with Crippen molar-refractivity contribution in [2.75, 3.05) is 13.2 Å². The Morgan fingerprint density at radius 2 is 1.80 bits per heavy atom. The summed E-state index contributed by atoms with van der Waals surface area (Å²) in [5, 5.41) is 3.51. The van der Waals surface area contributed by atoms with Crippen LogP contribution in [0.2, 0.25) is 5.02 Å². The van der Waals surface area contributed by atoms with Crippen molar-refractivity contribution in [3.05, 3.63) is 64.7 Å². The van der Waals surface area contributed by atoms with E-state index in [1.54, 1.807) is 11.0 Å². The lowest BCUT2D eigenvalue weighted by atomic mass is 10.1. The molecule has 0 fully saturated rings. The Kier molecular flexibility index (Phi) is 9.68. The van der Waals surface area contributed by atoms with Crippen molar-refractivity contribution in [2.24, 2.45) is 0 Å². The standard InChI is InChI=1S/C24H31ClN2O3/c1-4-6-15-26-24(29)22(5-2)27(16-19-9-7-8-10-21(19)25)23(28)17-30-20-13-11-18(3)12-14-20/h7-14,22H,4-6,15-17H2,1-3H3,(H,26,29)/t22-/m1/s1. The van der Waals surface area contributed by atoms with Crippen LogP contribution in [0.25, 0.3) is 0 Å². The second kappa shape index (κ2) is 12.2. The van der Waals surface area contributed by atoms with E-state index in [1.807, 2.05) is 56.3 Å². The molecular formula is C24H31ClN2O3. The van der Waals surface area contributed by atoms with Crippen LogP contribution in [0.5, 0.6) is 5.75 Å². The van der Waals surface area contributed by atoms with Crippen LogP contribution in [-0.2, 0) is 16.1 Å². The number of nitrogens with zero attached hydrogens (tertiary/aromatic N) is 1. The summed E-state index contributed by atoms with van der Waals surface area (Å²) in [4.78, 5) is 27.5. The Balaban J connectivity index is 2.17. The van der Waals surface area contributed by atoms with Crippen LogP contribution >= 0.6 is 11.6 Å². The lowest BCUT2D eigenvalue weighted by Crippen LogP contribution is -2.50. The normalized spacial score (nSPS) is 11.6. The van der Waals surface area contributed by atoms with Gasteiger partial charge in [-0.05, 0) is 43.5 Å². The molecule has 0 aliphatic rings. The smallest absolute Gasteiger partial charge is 0.261 e. The summed E-state index contributed by atoms with van der Waals surface area (Å²) in [6.45, 7) is 6.65. The van der Waals surface area contributed by atoms with Crippen molar-refractivity contribution in [1.82, 2.24) is 10.2 Å². The van der Waals surface area contributed by atoms with Gasteiger partial charge in [0.15, 0.2) is 6.61 Å². The SMILES string of the molecule is CCCCNC(=O)[C@@H](CC)N(Cc1ccccc1Cl)C(=O)COc1ccc(C)cc1. The molecule has 2 amide bonds. The second-order valence-corrected chi connectivity index (χ2v) is 7.69. The number of unbranched alkanes of at least 4 members (excludes halogenated alkanes) is 1. The summed E-state index contributed by atoms with van der Waals surface area (Å²) >= 11 is 6.32. The van der Waals surface area contributed by atoms with E-state index >= 15 is 0 Å². The maximum absolute atomic E-state index is 13.1. The highest BCUT2D eigenvalue weighted by Crippen LogP contribution is 2.20. The Hall–Kier alpha value is -2.53. The van der Waals surface area contributed by atoms with E-state index in [-0.39, 0.29) is 25.0 Å². The van der Waals surface area contributed by atoms with Gasteiger partial charge < -0.3 is 15.0 Å². The first-order valence-corrected chi connectivity index (χ1v) is 10.8. The molecule has 6 heteroatoms. The summed E-state index contributed by atoms with van der Waals surface area (Å²) in [7, 11) is 0. The van der Waals surface area contributed by atoms with Gasteiger partial charge in [-0.2, -0.15) is 0 Å². The Morgan fingerprint density at radius 3 is 2.43 bits per heavy atom. The predicted octanol–water partition coefficient (Wildman–Crippen LogP) is 4.75. The third-order valence-corrected chi connectivity index (χ3v) is 5.27. The van der Waals surface area contributed by atoms with E-state index < -0.39 is 6.04 Å². The summed E-state index contributed by atoms with van der Waals surface area (Å²) in [5.41, 5.74) is 1.91. The largest absolute Gasteiger partial charge is 0.484 e. The number of nitrogens with one attached hydrogen (secondary N) is 1. The van der Waals surface area contributed by atoms with Crippen LogP contribution in [0.3, 0.4) is 0 Å². The van der Waals surface area contributed by atoms with E-state index in [9.17, 15) is 9.59 Å². The molecule has 0 bridgehead atoms. The molecule has 0 unspecified atom stereocenters. The fourth-order valence-electron chi connectivity index (χ4n) is 3.10. The Bertz CT molecular complexity index is 823. The molecule has 0 aliphatic heterocycles. The summed E-state index contributed by atoms with van der Waals surface area (Å²) in [6.07, 6.45) is 2.39. The van der Waals surface area contributed by atoms with Gasteiger partial charge in [-0.1, -0.05) is 67.8 Å². The van der Waals surface area contributed by atoms with Crippen molar-refractivity contribution >= 4 is 23.4 Å². The molecule has 1 N–H and O–H groups in total. The van der Waals surface area contributed by atoms with E-state index in [2.05, 4.69) is 12.2 Å². The summed E-state index contributed by atoms with van der Waals surface area (Å²) < 4.78 is 5.69. The van der Waals surface area contributed by atoms with Gasteiger partial charge in [0.25, 0.3) is 5.91 Å². The number of carbonyl (C=O) groups excluding carboxylic acids is 2. The average Bonchev–Trinajstić information content (AvgIpc) is 2.74.